The molecule has 0 spiro atoms. The summed E-state index contributed by atoms with van der Waals surface area (Å²) in [5.74, 6) is 1.17. The van der Waals surface area contributed by atoms with Crippen LogP contribution in [0.3, 0.4) is 0 Å². The Morgan fingerprint density at radius 3 is 3.21 bits per heavy atom. The molecule has 3 aliphatic rings. The molecule has 0 aliphatic heterocycles. The van der Waals surface area contributed by atoms with E-state index in [0.717, 1.165) is 12.1 Å². The van der Waals surface area contributed by atoms with Gasteiger partial charge in [-0.2, -0.15) is 0 Å². The molecule has 0 saturated heterocycles. The maximum atomic E-state index is 6.03. The van der Waals surface area contributed by atoms with Crippen molar-refractivity contribution < 1.29 is 0 Å². The maximum absolute atomic E-state index is 6.03. The monoisotopic (exact) mass is 185 g/mol. The number of hydrogen-bond acceptors (Lipinski definition) is 1. The second-order valence-electron chi connectivity index (χ2n) is 4.38. The van der Waals surface area contributed by atoms with Gasteiger partial charge in [0.05, 0.1) is 0 Å². The molecule has 0 aromatic heterocycles. The molecule has 2 atom stereocenters. The van der Waals surface area contributed by atoms with Gasteiger partial charge in [-0.1, -0.05) is 29.9 Å². The van der Waals surface area contributed by atoms with E-state index in [-0.39, 0.29) is 0 Å². The molecule has 2 unspecified atom stereocenters. The molecule has 14 heavy (non-hydrogen) atoms. The first-order valence-electron chi connectivity index (χ1n) is 5.38. The highest BCUT2D eigenvalue weighted by Crippen LogP contribution is 2.46. The summed E-state index contributed by atoms with van der Waals surface area (Å²) in [6.07, 6.45) is 14.7. The lowest BCUT2D eigenvalue weighted by Gasteiger charge is -2.22. The third-order valence-electron chi connectivity index (χ3n) is 3.62. The van der Waals surface area contributed by atoms with E-state index in [9.17, 15) is 0 Å². The van der Waals surface area contributed by atoms with Crippen LogP contribution in [0.25, 0.3) is 0 Å². The van der Waals surface area contributed by atoms with Crippen LogP contribution in [-0.2, 0) is 0 Å². The highest BCUT2D eigenvalue weighted by molar-refractivity contribution is 5.43. The summed E-state index contributed by atoms with van der Waals surface area (Å²) < 4.78 is 0. The van der Waals surface area contributed by atoms with Gasteiger partial charge in [-0.3, -0.25) is 0 Å². The van der Waals surface area contributed by atoms with E-state index in [1.165, 1.54) is 12.8 Å². The second-order valence-corrected chi connectivity index (χ2v) is 4.38. The first kappa shape index (κ1) is 8.10. The Bertz CT molecular complexity index is 382. The van der Waals surface area contributed by atoms with Crippen LogP contribution in [0.1, 0.15) is 19.3 Å². The van der Waals surface area contributed by atoms with Crippen molar-refractivity contribution >= 4 is 0 Å². The van der Waals surface area contributed by atoms with Crippen LogP contribution in [0.2, 0.25) is 0 Å². The minimum atomic E-state index is 0.563. The normalized spacial score (nSPS) is 34.1. The van der Waals surface area contributed by atoms with Crippen molar-refractivity contribution in [2.45, 2.75) is 19.3 Å². The van der Waals surface area contributed by atoms with Crippen molar-refractivity contribution in [3.05, 3.63) is 47.2 Å². The van der Waals surface area contributed by atoms with Gasteiger partial charge < -0.3 is 5.73 Å². The molecular weight excluding hydrogens is 170 g/mol. The smallest absolute Gasteiger partial charge is 0.0125 e. The average Bonchev–Trinajstić information content (AvgIpc) is 2.59. The zero-order valence-corrected chi connectivity index (χ0v) is 8.24. The van der Waals surface area contributed by atoms with Crippen molar-refractivity contribution in [3.8, 4) is 0 Å². The molecule has 72 valence electrons. The summed E-state index contributed by atoms with van der Waals surface area (Å²) in [6.45, 7) is 0. The number of rotatable bonds is 0. The van der Waals surface area contributed by atoms with Crippen LogP contribution in [0.5, 0.6) is 0 Å². The molecule has 0 saturated carbocycles. The van der Waals surface area contributed by atoms with E-state index in [1.54, 1.807) is 11.1 Å². The fourth-order valence-electron chi connectivity index (χ4n) is 2.90. The summed E-state index contributed by atoms with van der Waals surface area (Å²) >= 11 is 0. The van der Waals surface area contributed by atoms with Crippen LogP contribution in [0, 0.1) is 11.8 Å². The molecule has 3 rings (SSSR count). The summed E-state index contributed by atoms with van der Waals surface area (Å²) in [4.78, 5) is 0. The minimum Gasteiger partial charge on any atom is -0.402 e. The molecule has 0 aromatic rings. The Hall–Kier alpha value is -1.24. The van der Waals surface area contributed by atoms with Gasteiger partial charge in [0.25, 0.3) is 0 Å². The maximum Gasteiger partial charge on any atom is 0.0125 e. The number of nitrogens with two attached hydrogens (primary N) is 1. The molecule has 3 aliphatic carbocycles. The number of allylic oxidation sites excluding steroid dienone is 8. The molecule has 0 amide bonds. The molecule has 0 fully saturated rings. The predicted molar refractivity (Wildman–Crippen MR) is 58.4 cm³/mol. The van der Waals surface area contributed by atoms with Crippen molar-refractivity contribution in [1.29, 1.82) is 0 Å². The fraction of sp³-hybridized carbons (Fsp3) is 0.385. The van der Waals surface area contributed by atoms with Crippen LogP contribution >= 0.6 is 0 Å². The molecular formula is C13H15N. The van der Waals surface area contributed by atoms with Crippen molar-refractivity contribution in [2.75, 3.05) is 0 Å². The van der Waals surface area contributed by atoms with E-state index in [4.69, 9.17) is 5.73 Å². The molecule has 0 bridgehead atoms. The zero-order valence-electron chi connectivity index (χ0n) is 8.24. The van der Waals surface area contributed by atoms with E-state index in [2.05, 4.69) is 30.4 Å². The van der Waals surface area contributed by atoms with Crippen LogP contribution in [-0.4, -0.2) is 0 Å². The van der Waals surface area contributed by atoms with Gasteiger partial charge in [-0.15, -0.1) is 0 Å². The number of fused-ring (bicyclic) bond motifs is 2. The Morgan fingerprint density at radius 1 is 1.36 bits per heavy atom. The molecule has 0 radical (unpaired) electrons. The molecule has 0 heterocycles. The third kappa shape index (κ3) is 1.02. The highest BCUT2D eigenvalue weighted by atomic mass is 14.6. The first-order valence-corrected chi connectivity index (χ1v) is 5.38. The minimum absolute atomic E-state index is 0.563. The molecule has 1 nitrogen and oxygen atoms in total. The standard InChI is InChI=1S/C13H15N/c14-13-7-3-6-11-10-5-2-1-4-9(10)8-12(11)13/h1,3-4,6-7,11-12H,2,5,8,14H2. The van der Waals surface area contributed by atoms with Crippen LogP contribution in [0.15, 0.2) is 47.2 Å². The van der Waals surface area contributed by atoms with Crippen LogP contribution in [0.4, 0.5) is 0 Å². The highest BCUT2D eigenvalue weighted by Gasteiger charge is 2.34. The van der Waals surface area contributed by atoms with E-state index >= 15 is 0 Å². The average molecular weight is 185 g/mol. The Kier molecular flexibility index (Phi) is 1.66. The van der Waals surface area contributed by atoms with Crippen molar-refractivity contribution in [3.63, 3.8) is 0 Å². The topological polar surface area (TPSA) is 26.0 Å². The summed E-state index contributed by atoms with van der Waals surface area (Å²) in [7, 11) is 0. The molecule has 0 aromatic carbocycles. The van der Waals surface area contributed by atoms with E-state index < -0.39 is 0 Å². The Labute approximate surface area is 84.7 Å². The van der Waals surface area contributed by atoms with E-state index in [1.807, 2.05) is 0 Å². The SMILES string of the molecule is NC1=CC=CC2C3=C(C=CCC3)CC12. The molecule has 1 heteroatoms. The fourth-order valence-corrected chi connectivity index (χ4v) is 2.90. The van der Waals surface area contributed by atoms with Gasteiger partial charge >= 0.3 is 0 Å². The summed E-state index contributed by atoms with van der Waals surface area (Å²) in [5, 5.41) is 0. The zero-order chi connectivity index (χ0) is 9.54. The summed E-state index contributed by atoms with van der Waals surface area (Å²) in [5.41, 5.74) is 10.3. The van der Waals surface area contributed by atoms with Gasteiger partial charge in [-0.25, -0.2) is 0 Å². The van der Waals surface area contributed by atoms with Crippen molar-refractivity contribution in [1.82, 2.24) is 0 Å². The lowest BCUT2D eigenvalue weighted by molar-refractivity contribution is 0.529. The van der Waals surface area contributed by atoms with Gasteiger partial charge in [-0.05, 0) is 30.9 Å². The van der Waals surface area contributed by atoms with E-state index in [0.29, 0.717) is 11.8 Å². The predicted octanol–water partition coefficient (Wildman–Crippen LogP) is 2.68. The van der Waals surface area contributed by atoms with Gasteiger partial charge in [0.15, 0.2) is 0 Å². The Morgan fingerprint density at radius 2 is 2.29 bits per heavy atom. The van der Waals surface area contributed by atoms with Gasteiger partial charge in [0.2, 0.25) is 0 Å². The van der Waals surface area contributed by atoms with Gasteiger partial charge in [0.1, 0.15) is 0 Å². The third-order valence-corrected chi connectivity index (χ3v) is 3.62. The summed E-state index contributed by atoms with van der Waals surface area (Å²) in [6, 6.07) is 0. The molecule has 2 N–H and O–H groups in total. The Balaban J connectivity index is 2.00. The van der Waals surface area contributed by atoms with Gasteiger partial charge in [0, 0.05) is 17.5 Å². The second kappa shape index (κ2) is 2.88. The van der Waals surface area contributed by atoms with Crippen molar-refractivity contribution in [2.24, 2.45) is 17.6 Å². The van der Waals surface area contributed by atoms with Crippen LogP contribution < -0.4 is 5.73 Å². The number of hydrogen-bond donors (Lipinski definition) is 1. The largest absolute Gasteiger partial charge is 0.402 e. The first-order chi connectivity index (χ1) is 6.86. The lowest BCUT2D eigenvalue weighted by atomic mass is 9.84. The lowest BCUT2D eigenvalue weighted by Crippen LogP contribution is -2.19. The quantitative estimate of drug-likeness (QED) is 0.617.